The van der Waals surface area contributed by atoms with Crippen LogP contribution in [0.2, 0.25) is 0 Å². The molecule has 1 aliphatic heterocycles. The number of nitrogen functional groups attached to an aromatic ring is 1. The van der Waals surface area contributed by atoms with Crippen LogP contribution in [0.4, 0.5) is 5.69 Å². The van der Waals surface area contributed by atoms with E-state index >= 15 is 0 Å². The van der Waals surface area contributed by atoms with Crippen LogP contribution in [0.5, 0.6) is 0 Å². The number of nitrogens with one attached hydrogen (secondary N) is 1. The van der Waals surface area contributed by atoms with E-state index in [1.165, 1.54) is 5.56 Å². The van der Waals surface area contributed by atoms with Crippen LogP contribution < -0.4 is 11.1 Å². The summed E-state index contributed by atoms with van der Waals surface area (Å²) < 4.78 is 0. The van der Waals surface area contributed by atoms with E-state index in [1.54, 1.807) is 0 Å². The standard InChI is InChI=1S/C16H25N3O/c1-12(2)19(11-13-6-8-14(17)9-7-13)15-5-3-4-10-18-16(15)20/h6-9,12,15H,3-5,10-11,17H2,1-2H3,(H,18,20). The van der Waals surface area contributed by atoms with Gasteiger partial charge in [0.25, 0.3) is 0 Å². The highest BCUT2D eigenvalue weighted by molar-refractivity contribution is 5.82. The van der Waals surface area contributed by atoms with Gasteiger partial charge in [-0.3, -0.25) is 9.69 Å². The maximum absolute atomic E-state index is 12.2. The zero-order valence-electron chi connectivity index (χ0n) is 12.4. The Bertz CT molecular complexity index is 442. The molecule has 3 N–H and O–H groups in total. The molecular formula is C16H25N3O. The summed E-state index contributed by atoms with van der Waals surface area (Å²) in [6.07, 6.45) is 3.13. The van der Waals surface area contributed by atoms with Crippen molar-refractivity contribution in [3.05, 3.63) is 29.8 Å². The SMILES string of the molecule is CC(C)N(Cc1ccc(N)cc1)C1CCCCNC1=O. The summed E-state index contributed by atoms with van der Waals surface area (Å²) in [5.74, 6) is 0.173. The number of hydrogen-bond donors (Lipinski definition) is 2. The van der Waals surface area contributed by atoms with E-state index in [4.69, 9.17) is 5.73 Å². The maximum atomic E-state index is 12.2. The summed E-state index contributed by atoms with van der Waals surface area (Å²) in [5, 5.41) is 3.02. The van der Waals surface area contributed by atoms with E-state index in [0.717, 1.165) is 38.0 Å². The topological polar surface area (TPSA) is 58.4 Å². The molecule has 2 rings (SSSR count). The molecule has 1 heterocycles. The van der Waals surface area contributed by atoms with E-state index in [2.05, 4.69) is 24.1 Å². The van der Waals surface area contributed by atoms with Crippen LogP contribution in [0, 0.1) is 0 Å². The molecule has 1 aromatic rings. The normalized spacial score (nSPS) is 20.0. The van der Waals surface area contributed by atoms with Crippen molar-refractivity contribution in [2.24, 2.45) is 0 Å². The number of hydrogen-bond acceptors (Lipinski definition) is 3. The maximum Gasteiger partial charge on any atom is 0.237 e. The van der Waals surface area contributed by atoms with Gasteiger partial charge in [-0.1, -0.05) is 12.1 Å². The number of carbonyl (C=O) groups excluding carboxylic acids is 1. The van der Waals surface area contributed by atoms with Gasteiger partial charge >= 0.3 is 0 Å². The Labute approximate surface area is 121 Å². The Kier molecular flexibility index (Phi) is 5.01. The lowest BCUT2D eigenvalue weighted by Gasteiger charge is -2.33. The number of nitrogens with two attached hydrogens (primary N) is 1. The zero-order chi connectivity index (χ0) is 14.5. The first-order valence-electron chi connectivity index (χ1n) is 7.46. The minimum absolute atomic E-state index is 0.0185. The summed E-state index contributed by atoms with van der Waals surface area (Å²) in [5.41, 5.74) is 7.70. The second-order valence-electron chi connectivity index (χ2n) is 5.81. The lowest BCUT2D eigenvalue weighted by molar-refractivity contribution is -0.127. The number of anilines is 1. The number of amides is 1. The Hall–Kier alpha value is -1.55. The summed E-state index contributed by atoms with van der Waals surface area (Å²) >= 11 is 0. The Morgan fingerprint density at radius 1 is 1.30 bits per heavy atom. The van der Waals surface area contributed by atoms with Crippen LogP contribution >= 0.6 is 0 Å². The summed E-state index contributed by atoms with van der Waals surface area (Å²) in [6.45, 7) is 5.89. The summed E-state index contributed by atoms with van der Waals surface area (Å²) in [7, 11) is 0. The van der Waals surface area contributed by atoms with Gasteiger partial charge in [-0.05, 0) is 50.8 Å². The van der Waals surface area contributed by atoms with E-state index in [1.807, 2.05) is 24.3 Å². The first-order valence-corrected chi connectivity index (χ1v) is 7.46. The van der Waals surface area contributed by atoms with Gasteiger partial charge in [-0.2, -0.15) is 0 Å². The predicted octanol–water partition coefficient (Wildman–Crippen LogP) is 2.15. The van der Waals surface area contributed by atoms with Crippen molar-refractivity contribution >= 4 is 11.6 Å². The van der Waals surface area contributed by atoms with Crippen molar-refractivity contribution < 1.29 is 4.79 Å². The lowest BCUT2D eigenvalue weighted by Crippen LogP contribution is -2.48. The monoisotopic (exact) mass is 275 g/mol. The average Bonchev–Trinajstić information content (AvgIpc) is 2.63. The lowest BCUT2D eigenvalue weighted by atomic mass is 10.1. The highest BCUT2D eigenvalue weighted by Crippen LogP contribution is 2.19. The number of rotatable bonds is 4. The first kappa shape index (κ1) is 14.9. The third-order valence-electron chi connectivity index (χ3n) is 3.91. The van der Waals surface area contributed by atoms with Crippen LogP contribution in [0.3, 0.4) is 0 Å². The zero-order valence-corrected chi connectivity index (χ0v) is 12.4. The van der Waals surface area contributed by atoms with Crippen LogP contribution in [-0.4, -0.2) is 29.4 Å². The van der Waals surface area contributed by atoms with Crippen LogP contribution in [0.25, 0.3) is 0 Å². The molecule has 4 nitrogen and oxygen atoms in total. The predicted molar refractivity (Wildman–Crippen MR) is 82.2 cm³/mol. The van der Waals surface area contributed by atoms with Crippen molar-refractivity contribution in [2.75, 3.05) is 12.3 Å². The first-order chi connectivity index (χ1) is 9.58. The molecule has 20 heavy (non-hydrogen) atoms. The quantitative estimate of drug-likeness (QED) is 0.828. The number of benzene rings is 1. The molecule has 0 bridgehead atoms. The van der Waals surface area contributed by atoms with E-state index in [-0.39, 0.29) is 11.9 Å². The fourth-order valence-electron chi connectivity index (χ4n) is 2.73. The number of carbonyl (C=O) groups is 1. The van der Waals surface area contributed by atoms with Crippen molar-refractivity contribution in [2.45, 2.75) is 51.7 Å². The molecule has 4 heteroatoms. The molecule has 1 unspecified atom stereocenters. The summed E-state index contributed by atoms with van der Waals surface area (Å²) in [4.78, 5) is 14.5. The van der Waals surface area contributed by atoms with Gasteiger partial charge in [0.15, 0.2) is 0 Å². The van der Waals surface area contributed by atoms with E-state index in [0.29, 0.717) is 6.04 Å². The molecule has 1 atom stereocenters. The molecular weight excluding hydrogens is 250 g/mol. The van der Waals surface area contributed by atoms with Crippen LogP contribution in [0.1, 0.15) is 38.7 Å². The fraction of sp³-hybridized carbons (Fsp3) is 0.562. The van der Waals surface area contributed by atoms with Gasteiger partial charge in [0.1, 0.15) is 0 Å². The fourth-order valence-corrected chi connectivity index (χ4v) is 2.73. The Morgan fingerprint density at radius 2 is 2.00 bits per heavy atom. The van der Waals surface area contributed by atoms with E-state index in [9.17, 15) is 4.79 Å². The van der Waals surface area contributed by atoms with Crippen LogP contribution in [-0.2, 0) is 11.3 Å². The molecule has 0 aliphatic carbocycles. The smallest absolute Gasteiger partial charge is 0.237 e. The van der Waals surface area contributed by atoms with Gasteiger partial charge in [-0.25, -0.2) is 0 Å². The largest absolute Gasteiger partial charge is 0.399 e. The molecule has 1 aromatic carbocycles. The molecule has 0 aromatic heterocycles. The highest BCUT2D eigenvalue weighted by Gasteiger charge is 2.28. The Morgan fingerprint density at radius 3 is 2.65 bits per heavy atom. The minimum atomic E-state index is -0.0185. The second kappa shape index (κ2) is 6.75. The Balaban J connectivity index is 2.13. The third kappa shape index (κ3) is 3.73. The average molecular weight is 275 g/mol. The molecule has 0 spiro atoms. The molecule has 1 fully saturated rings. The van der Waals surface area contributed by atoms with Crippen molar-refractivity contribution in [3.8, 4) is 0 Å². The minimum Gasteiger partial charge on any atom is -0.399 e. The second-order valence-corrected chi connectivity index (χ2v) is 5.81. The molecule has 1 amide bonds. The molecule has 110 valence electrons. The molecule has 1 aliphatic rings. The molecule has 1 saturated heterocycles. The van der Waals surface area contributed by atoms with Crippen LogP contribution in [0.15, 0.2) is 24.3 Å². The van der Waals surface area contributed by atoms with E-state index < -0.39 is 0 Å². The van der Waals surface area contributed by atoms with Crippen molar-refractivity contribution in [3.63, 3.8) is 0 Å². The number of nitrogens with zero attached hydrogens (tertiary/aromatic N) is 1. The summed E-state index contributed by atoms with van der Waals surface area (Å²) in [6, 6.07) is 8.23. The van der Waals surface area contributed by atoms with Crippen molar-refractivity contribution in [1.82, 2.24) is 10.2 Å². The van der Waals surface area contributed by atoms with Gasteiger partial charge in [-0.15, -0.1) is 0 Å². The molecule has 0 radical (unpaired) electrons. The third-order valence-corrected chi connectivity index (χ3v) is 3.91. The van der Waals surface area contributed by atoms with Crippen molar-refractivity contribution in [1.29, 1.82) is 0 Å². The highest BCUT2D eigenvalue weighted by atomic mass is 16.2. The van der Waals surface area contributed by atoms with Gasteiger partial charge in [0.05, 0.1) is 6.04 Å². The van der Waals surface area contributed by atoms with Gasteiger partial charge in [0.2, 0.25) is 5.91 Å². The van der Waals surface area contributed by atoms with Gasteiger partial charge in [0, 0.05) is 24.8 Å². The molecule has 0 saturated carbocycles. The van der Waals surface area contributed by atoms with Gasteiger partial charge < -0.3 is 11.1 Å².